The molecule has 1 unspecified atom stereocenters. The number of piperidine rings is 1. The van der Waals surface area contributed by atoms with Crippen LogP contribution in [0.15, 0.2) is 0 Å². The van der Waals surface area contributed by atoms with Gasteiger partial charge >= 0.3 is 5.97 Å². The number of methoxy groups -OCH3 is 1. The summed E-state index contributed by atoms with van der Waals surface area (Å²) in [5.41, 5.74) is 0. The lowest BCUT2D eigenvalue weighted by atomic mass is 10.1. The minimum absolute atomic E-state index is 0.147. The molecular formula is C13H24N2O2S2. The molecule has 0 radical (unpaired) electrons. The van der Waals surface area contributed by atoms with Gasteiger partial charge in [-0.2, -0.15) is 0 Å². The molecule has 1 saturated heterocycles. The van der Waals surface area contributed by atoms with Gasteiger partial charge in [-0.25, -0.2) is 0 Å². The third-order valence-corrected chi connectivity index (χ3v) is 4.91. The minimum Gasteiger partial charge on any atom is -0.469 e. The third kappa shape index (κ3) is 7.13. The van der Waals surface area contributed by atoms with Crippen molar-refractivity contribution in [1.82, 2.24) is 10.2 Å². The van der Waals surface area contributed by atoms with Crippen LogP contribution < -0.4 is 5.32 Å². The van der Waals surface area contributed by atoms with Crippen molar-refractivity contribution >= 4 is 34.3 Å². The standard InChI is InChI=1S/C13H24N2O2S2/c1-15(10-11-6-3-4-8-14-11)13(18)19-9-5-7-12(16)17-2/h11,14H,3-10H2,1-2H3. The Hall–Kier alpha value is -0.330. The van der Waals surface area contributed by atoms with Crippen LogP contribution in [0.3, 0.4) is 0 Å². The van der Waals surface area contributed by atoms with Gasteiger partial charge in [0.25, 0.3) is 0 Å². The lowest BCUT2D eigenvalue weighted by molar-refractivity contribution is -0.140. The van der Waals surface area contributed by atoms with E-state index in [2.05, 4.69) is 15.0 Å². The van der Waals surface area contributed by atoms with Gasteiger partial charge in [0.15, 0.2) is 0 Å². The Labute approximate surface area is 125 Å². The second-order valence-corrected chi connectivity index (χ2v) is 6.55. The van der Waals surface area contributed by atoms with Crippen LogP contribution in [-0.2, 0) is 9.53 Å². The summed E-state index contributed by atoms with van der Waals surface area (Å²) in [6, 6.07) is 0.562. The number of hydrogen-bond acceptors (Lipinski definition) is 5. The Balaban J connectivity index is 2.12. The lowest BCUT2D eigenvalue weighted by Gasteiger charge is -2.29. The number of likely N-dealkylation sites (N-methyl/N-ethyl adjacent to an activating group) is 1. The number of esters is 1. The van der Waals surface area contributed by atoms with Crippen molar-refractivity contribution in [1.29, 1.82) is 0 Å². The van der Waals surface area contributed by atoms with E-state index in [1.165, 1.54) is 26.4 Å². The molecule has 1 fully saturated rings. The molecule has 1 rings (SSSR count). The summed E-state index contributed by atoms with van der Waals surface area (Å²) in [5.74, 6) is 0.724. The van der Waals surface area contributed by atoms with Gasteiger partial charge in [0.2, 0.25) is 0 Å². The van der Waals surface area contributed by atoms with E-state index in [1.807, 2.05) is 7.05 Å². The zero-order valence-electron chi connectivity index (χ0n) is 11.8. The summed E-state index contributed by atoms with van der Waals surface area (Å²) < 4.78 is 5.52. The molecule has 0 aromatic rings. The second-order valence-electron chi connectivity index (χ2n) is 4.82. The molecule has 6 heteroatoms. The maximum absolute atomic E-state index is 11.0. The van der Waals surface area contributed by atoms with E-state index in [1.54, 1.807) is 11.8 Å². The Bertz CT molecular complexity index is 294. The summed E-state index contributed by atoms with van der Waals surface area (Å²) in [7, 11) is 3.47. The number of rotatable bonds is 6. The van der Waals surface area contributed by atoms with Crippen LogP contribution in [0.5, 0.6) is 0 Å². The first kappa shape index (κ1) is 16.7. The van der Waals surface area contributed by atoms with E-state index in [0.29, 0.717) is 12.5 Å². The molecule has 1 N–H and O–H groups in total. The SMILES string of the molecule is COC(=O)CCCSC(=S)N(C)CC1CCCCN1. The highest BCUT2D eigenvalue weighted by Crippen LogP contribution is 2.14. The summed E-state index contributed by atoms with van der Waals surface area (Å²) in [6.45, 7) is 2.10. The Morgan fingerprint density at radius 2 is 2.32 bits per heavy atom. The topological polar surface area (TPSA) is 41.6 Å². The number of thiocarbonyl (C=S) groups is 1. The highest BCUT2D eigenvalue weighted by molar-refractivity contribution is 8.22. The molecule has 0 spiro atoms. The molecule has 0 aliphatic carbocycles. The van der Waals surface area contributed by atoms with E-state index in [-0.39, 0.29) is 5.97 Å². The first-order valence-electron chi connectivity index (χ1n) is 6.81. The molecule has 1 atom stereocenters. The lowest BCUT2D eigenvalue weighted by Crippen LogP contribution is -2.43. The van der Waals surface area contributed by atoms with Crippen LogP contribution in [-0.4, -0.2) is 54.2 Å². The van der Waals surface area contributed by atoms with E-state index < -0.39 is 0 Å². The zero-order chi connectivity index (χ0) is 14.1. The number of carbonyl (C=O) groups is 1. The van der Waals surface area contributed by atoms with E-state index in [9.17, 15) is 4.79 Å². The number of thioether (sulfide) groups is 1. The number of hydrogen-bond donors (Lipinski definition) is 1. The monoisotopic (exact) mass is 304 g/mol. The van der Waals surface area contributed by atoms with Crippen LogP contribution in [0.4, 0.5) is 0 Å². The molecule has 0 amide bonds. The normalized spacial score (nSPS) is 18.9. The summed E-state index contributed by atoms with van der Waals surface area (Å²) in [4.78, 5) is 13.1. The van der Waals surface area contributed by atoms with Gasteiger partial charge in [-0.1, -0.05) is 30.4 Å². The number of carbonyl (C=O) groups excluding carboxylic acids is 1. The van der Waals surface area contributed by atoms with Crippen molar-refractivity contribution in [2.45, 2.75) is 38.1 Å². The van der Waals surface area contributed by atoms with E-state index >= 15 is 0 Å². The summed E-state index contributed by atoms with van der Waals surface area (Å²) in [5, 5.41) is 3.52. The predicted octanol–water partition coefficient (Wildman–Crippen LogP) is 2.03. The van der Waals surface area contributed by atoms with Crippen molar-refractivity contribution in [2.75, 3.05) is 33.0 Å². The maximum atomic E-state index is 11.0. The smallest absolute Gasteiger partial charge is 0.305 e. The van der Waals surface area contributed by atoms with Crippen LogP contribution in [0, 0.1) is 0 Å². The molecular weight excluding hydrogens is 280 g/mol. The predicted molar refractivity (Wildman–Crippen MR) is 84.6 cm³/mol. The largest absolute Gasteiger partial charge is 0.469 e. The van der Waals surface area contributed by atoms with Gasteiger partial charge in [-0.15, -0.1) is 0 Å². The Morgan fingerprint density at radius 1 is 1.53 bits per heavy atom. The quantitative estimate of drug-likeness (QED) is 0.460. The zero-order valence-corrected chi connectivity index (χ0v) is 13.4. The summed E-state index contributed by atoms with van der Waals surface area (Å²) in [6.07, 6.45) is 5.12. The summed E-state index contributed by atoms with van der Waals surface area (Å²) >= 11 is 7.04. The van der Waals surface area contributed by atoms with Gasteiger partial charge in [-0.3, -0.25) is 4.79 Å². The Kier molecular flexibility index (Phi) is 8.41. The first-order chi connectivity index (χ1) is 9.13. The van der Waals surface area contributed by atoms with Crippen LogP contribution in [0.25, 0.3) is 0 Å². The average molecular weight is 304 g/mol. The minimum atomic E-state index is -0.147. The maximum Gasteiger partial charge on any atom is 0.305 e. The number of nitrogens with zero attached hydrogens (tertiary/aromatic N) is 1. The van der Waals surface area contributed by atoms with Crippen molar-refractivity contribution in [3.63, 3.8) is 0 Å². The molecule has 0 aromatic heterocycles. The molecule has 1 aliphatic rings. The third-order valence-electron chi connectivity index (χ3n) is 3.20. The fourth-order valence-electron chi connectivity index (χ4n) is 2.07. The van der Waals surface area contributed by atoms with Crippen LogP contribution >= 0.6 is 24.0 Å². The highest BCUT2D eigenvalue weighted by atomic mass is 32.2. The molecule has 19 heavy (non-hydrogen) atoms. The molecule has 0 saturated carbocycles. The van der Waals surface area contributed by atoms with Crippen LogP contribution in [0.1, 0.15) is 32.1 Å². The van der Waals surface area contributed by atoms with Gasteiger partial charge in [-0.05, 0) is 25.8 Å². The van der Waals surface area contributed by atoms with E-state index in [4.69, 9.17) is 12.2 Å². The fourth-order valence-corrected chi connectivity index (χ4v) is 3.16. The van der Waals surface area contributed by atoms with Gasteiger partial charge in [0.1, 0.15) is 4.32 Å². The molecule has 0 bridgehead atoms. The van der Waals surface area contributed by atoms with Gasteiger partial charge in [0.05, 0.1) is 7.11 Å². The number of nitrogens with one attached hydrogen (secondary N) is 1. The van der Waals surface area contributed by atoms with Crippen molar-refractivity contribution in [3.05, 3.63) is 0 Å². The molecule has 4 nitrogen and oxygen atoms in total. The van der Waals surface area contributed by atoms with Crippen molar-refractivity contribution in [3.8, 4) is 0 Å². The molecule has 0 aromatic carbocycles. The van der Waals surface area contributed by atoms with E-state index in [0.717, 1.165) is 29.6 Å². The van der Waals surface area contributed by atoms with Crippen molar-refractivity contribution in [2.24, 2.45) is 0 Å². The molecule has 1 heterocycles. The molecule has 110 valence electrons. The highest BCUT2D eigenvalue weighted by Gasteiger charge is 2.16. The average Bonchev–Trinajstić information content (AvgIpc) is 2.44. The number of ether oxygens (including phenoxy) is 1. The van der Waals surface area contributed by atoms with Gasteiger partial charge in [0, 0.05) is 31.8 Å². The second kappa shape index (κ2) is 9.55. The Morgan fingerprint density at radius 3 is 2.95 bits per heavy atom. The fraction of sp³-hybridized carbons (Fsp3) is 0.846. The van der Waals surface area contributed by atoms with Crippen LogP contribution in [0.2, 0.25) is 0 Å². The van der Waals surface area contributed by atoms with Crippen molar-refractivity contribution < 1.29 is 9.53 Å². The van der Waals surface area contributed by atoms with Gasteiger partial charge < -0.3 is 15.0 Å². The first-order valence-corrected chi connectivity index (χ1v) is 8.21. The molecule has 1 aliphatic heterocycles.